The zero-order valence-electron chi connectivity index (χ0n) is 14.8. The number of hydrogen-bond donors (Lipinski definition) is 1. The molecule has 5 heteroatoms. The van der Waals surface area contributed by atoms with E-state index in [0.717, 1.165) is 40.9 Å². The summed E-state index contributed by atoms with van der Waals surface area (Å²) in [6.07, 6.45) is 0. The quantitative estimate of drug-likeness (QED) is 0.616. The summed E-state index contributed by atoms with van der Waals surface area (Å²) in [7, 11) is 1.67. The van der Waals surface area contributed by atoms with Gasteiger partial charge in [0.2, 0.25) is 0 Å². The van der Waals surface area contributed by atoms with Crippen LogP contribution in [-0.2, 0) is 0 Å². The molecule has 0 aliphatic carbocycles. The van der Waals surface area contributed by atoms with E-state index in [9.17, 15) is 0 Å². The fourth-order valence-electron chi connectivity index (χ4n) is 2.69. The molecule has 3 rings (SSSR count). The fourth-order valence-corrected chi connectivity index (χ4v) is 3.43. The smallest absolute Gasteiger partial charge is 0.187 e. The lowest BCUT2D eigenvalue weighted by Crippen LogP contribution is -2.21. The van der Waals surface area contributed by atoms with Crippen LogP contribution in [0.1, 0.15) is 13.8 Å². The van der Waals surface area contributed by atoms with Gasteiger partial charge in [-0.1, -0.05) is 0 Å². The lowest BCUT2D eigenvalue weighted by molar-refractivity contribution is 0.415. The highest BCUT2D eigenvalue weighted by atomic mass is 32.1. The molecule has 0 spiro atoms. The Morgan fingerprint density at radius 2 is 1.68 bits per heavy atom. The average Bonchev–Trinajstić information content (AvgIpc) is 3.12. The Labute approximate surface area is 153 Å². The van der Waals surface area contributed by atoms with E-state index in [1.165, 1.54) is 5.69 Å². The van der Waals surface area contributed by atoms with E-state index in [-0.39, 0.29) is 0 Å². The van der Waals surface area contributed by atoms with E-state index in [1.807, 2.05) is 24.3 Å². The second-order valence-electron chi connectivity index (χ2n) is 5.61. The third kappa shape index (κ3) is 4.12. The first kappa shape index (κ1) is 17.3. The van der Waals surface area contributed by atoms with Gasteiger partial charge in [-0.05, 0) is 62.4 Å². The zero-order chi connectivity index (χ0) is 17.6. The van der Waals surface area contributed by atoms with Crippen LogP contribution < -0.4 is 15.0 Å². The number of aromatic nitrogens is 1. The van der Waals surface area contributed by atoms with Crippen molar-refractivity contribution in [2.75, 3.05) is 30.4 Å². The van der Waals surface area contributed by atoms with Crippen LogP contribution in [0.15, 0.2) is 53.9 Å². The minimum Gasteiger partial charge on any atom is -0.497 e. The summed E-state index contributed by atoms with van der Waals surface area (Å²) in [5, 5.41) is 6.34. The molecule has 4 nitrogen and oxygen atoms in total. The van der Waals surface area contributed by atoms with Crippen LogP contribution in [0.25, 0.3) is 11.3 Å². The second-order valence-corrected chi connectivity index (χ2v) is 6.47. The number of methoxy groups -OCH3 is 1. The van der Waals surface area contributed by atoms with Gasteiger partial charge in [0.1, 0.15) is 5.75 Å². The lowest BCUT2D eigenvalue weighted by Gasteiger charge is -2.21. The molecule has 0 fully saturated rings. The Bertz CT molecular complexity index is 793. The average molecular weight is 353 g/mol. The van der Waals surface area contributed by atoms with Crippen LogP contribution >= 0.6 is 11.3 Å². The molecule has 1 aromatic heterocycles. The highest BCUT2D eigenvalue weighted by Gasteiger charge is 2.06. The lowest BCUT2D eigenvalue weighted by atomic mass is 10.2. The Kier molecular flexibility index (Phi) is 5.56. The van der Waals surface area contributed by atoms with Crippen LogP contribution in [0.4, 0.5) is 16.5 Å². The Morgan fingerprint density at radius 1 is 1.00 bits per heavy atom. The van der Waals surface area contributed by atoms with Crippen LogP contribution in [0.3, 0.4) is 0 Å². The Morgan fingerprint density at radius 3 is 2.28 bits per heavy atom. The van der Waals surface area contributed by atoms with Gasteiger partial charge in [0.25, 0.3) is 0 Å². The minimum atomic E-state index is 0.852. The number of rotatable bonds is 7. The number of hydrogen-bond acceptors (Lipinski definition) is 5. The minimum absolute atomic E-state index is 0.852. The van der Waals surface area contributed by atoms with Gasteiger partial charge in [0.05, 0.1) is 12.8 Å². The van der Waals surface area contributed by atoms with Crippen LogP contribution in [0, 0.1) is 0 Å². The van der Waals surface area contributed by atoms with E-state index < -0.39 is 0 Å². The van der Waals surface area contributed by atoms with Gasteiger partial charge >= 0.3 is 0 Å². The van der Waals surface area contributed by atoms with E-state index in [0.29, 0.717) is 0 Å². The first-order chi connectivity index (χ1) is 12.2. The van der Waals surface area contributed by atoms with Crippen molar-refractivity contribution in [2.45, 2.75) is 13.8 Å². The number of thiazole rings is 1. The first-order valence-corrected chi connectivity index (χ1v) is 9.33. The number of nitrogens with one attached hydrogen (secondary N) is 1. The van der Waals surface area contributed by atoms with E-state index >= 15 is 0 Å². The van der Waals surface area contributed by atoms with Gasteiger partial charge in [0, 0.05) is 35.4 Å². The Hall–Kier alpha value is -2.53. The first-order valence-electron chi connectivity index (χ1n) is 8.45. The van der Waals surface area contributed by atoms with Crippen LogP contribution in [0.5, 0.6) is 5.75 Å². The molecule has 0 aliphatic heterocycles. The maximum atomic E-state index is 5.20. The van der Waals surface area contributed by atoms with Crippen molar-refractivity contribution >= 4 is 27.8 Å². The topological polar surface area (TPSA) is 37.4 Å². The largest absolute Gasteiger partial charge is 0.497 e. The molecule has 0 atom stereocenters. The van der Waals surface area contributed by atoms with Crippen LogP contribution in [0.2, 0.25) is 0 Å². The Balaban J connectivity index is 1.70. The molecule has 0 radical (unpaired) electrons. The summed E-state index contributed by atoms with van der Waals surface area (Å²) in [6, 6.07) is 16.4. The molecule has 0 amide bonds. The molecule has 0 saturated carbocycles. The van der Waals surface area contributed by atoms with E-state index in [1.54, 1.807) is 18.4 Å². The molecule has 0 saturated heterocycles. The highest BCUT2D eigenvalue weighted by Crippen LogP contribution is 2.29. The van der Waals surface area contributed by atoms with Crippen molar-refractivity contribution in [3.63, 3.8) is 0 Å². The summed E-state index contributed by atoms with van der Waals surface area (Å²) in [5.74, 6) is 0.852. The van der Waals surface area contributed by atoms with E-state index in [4.69, 9.17) is 4.74 Å². The maximum Gasteiger partial charge on any atom is 0.187 e. The van der Waals surface area contributed by atoms with Gasteiger partial charge in [-0.25, -0.2) is 4.98 Å². The van der Waals surface area contributed by atoms with Crippen molar-refractivity contribution < 1.29 is 4.74 Å². The SMILES string of the molecule is CCN(CC)c1ccc(Nc2nc(-c3ccc(OC)cc3)cs2)cc1. The van der Waals surface area contributed by atoms with Gasteiger partial charge in [-0.15, -0.1) is 11.3 Å². The second kappa shape index (κ2) is 8.03. The molecule has 0 unspecified atom stereocenters. The molecular weight excluding hydrogens is 330 g/mol. The molecular formula is C20H23N3OS. The predicted octanol–water partition coefficient (Wildman–Crippen LogP) is 5.41. The molecule has 1 heterocycles. The summed E-state index contributed by atoms with van der Waals surface area (Å²) < 4.78 is 5.20. The fraction of sp³-hybridized carbons (Fsp3) is 0.250. The summed E-state index contributed by atoms with van der Waals surface area (Å²) in [4.78, 5) is 7.01. The zero-order valence-corrected chi connectivity index (χ0v) is 15.6. The number of benzene rings is 2. The monoisotopic (exact) mass is 353 g/mol. The molecule has 2 aromatic carbocycles. The third-order valence-electron chi connectivity index (χ3n) is 4.14. The van der Waals surface area contributed by atoms with Gasteiger partial charge in [-0.2, -0.15) is 0 Å². The van der Waals surface area contributed by atoms with Gasteiger partial charge < -0.3 is 15.0 Å². The standard InChI is InChI=1S/C20H23N3OS/c1-4-23(5-2)17-10-8-16(9-11-17)21-20-22-19(14-25-20)15-6-12-18(24-3)13-7-15/h6-14H,4-5H2,1-3H3,(H,21,22). The van der Waals surface area contributed by atoms with Gasteiger partial charge in [0.15, 0.2) is 5.13 Å². The normalized spacial score (nSPS) is 10.5. The molecule has 0 bridgehead atoms. The number of nitrogens with zero attached hydrogens (tertiary/aromatic N) is 2. The molecule has 25 heavy (non-hydrogen) atoms. The molecule has 130 valence electrons. The van der Waals surface area contributed by atoms with Crippen molar-refractivity contribution in [1.29, 1.82) is 0 Å². The van der Waals surface area contributed by atoms with Crippen molar-refractivity contribution in [3.8, 4) is 17.0 Å². The van der Waals surface area contributed by atoms with Crippen molar-refractivity contribution in [3.05, 3.63) is 53.9 Å². The predicted molar refractivity (Wildman–Crippen MR) is 107 cm³/mol. The summed E-state index contributed by atoms with van der Waals surface area (Å²) >= 11 is 1.60. The third-order valence-corrected chi connectivity index (χ3v) is 4.89. The van der Waals surface area contributed by atoms with E-state index in [2.05, 4.69) is 58.7 Å². The van der Waals surface area contributed by atoms with Crippen LogP contribution in [-0.4, -0.2) is 25.2 Å². The van der Waals surface area contributed by atoms with Gasteiger partial charge in [-0.3, -0.25) is 0 Å². The summed E-state index contributed by atoms with van der Waals surface area (Å²) in [6.45, 7) is 6.37. The molecule has 3 aromatic rings. The highest BCUT2D eigenvalue weighted by molar-refractivity contribution is 7.14. The van der Waals surface area contributed by atoms with Crippen molar-refractivity contribution in [1.82, 2.24) is 4.98 Å². The maximum absolute atomic E-state index is 5.20. The number of ether oxygens (including phenoxy) is 1. The van der Waals surface area contributed by atoms with Crippen molar-refractivity contribution in [2.24, 2.45) is 0 Å². The summed E-state index contributed by atoms with van der Waals surface area (Å²) in [5.41, 5.74) is 4.34. The molecule has 1 N–H and O–H groups in total. The number of anilines is 3. The molecule has 0 aliphatic rings.